The van der Waals surface area contributed by atoms with Crippen LogP contribution in [0.1, 0.15) is 39.4 Å². The highest BCUT2D eigenvalue weighted by Crippen LogP contribution is 2.14. The Hall–Kier alpha value is -1.42. The Morgan fingerprint density at radius 1 is 1.39 bits per heavy atom. The zero-order valence-corrected chi connectivity index (χ0v) is 11.5. The first-order chi connectivity index (χ1) is 8.76. The van der Waals surface area contributed by atoms with E-state index in [1.54, 1.807) is 0 Å². The molecule has 0 radical (unpaired) electrons. The smallest absolute Gasteiger partial charge is 0.160 e. The molecule has 1 atom stereocenters. The van der Waals surface area contributed by atoms with Crippen LogP contribution in [0.2, 0.25) is 0 Å². The Bertz CT molecular complexity index is 503. The molecule has 2 heterocycles. The van der Waals surface area contributed by atoms with Crippen molar-refractivity contribution in [2.75, 3.05) is 0 Å². The number of aromatic nitrogens is 3. The van der Waals surface area contributed by atoms with Crippen molar-refractivity contribution in [1.29, 1.82) is 0 Å². The van der Waals surface area contributed by atoms with Crippen molar-refractivity contribution < 1.29 is 0 Å². The summed E-state index contributed by atoms with van der Waals surface area (Å²) in [5, 5.41) is 3.50. The number of aryl methyl sites for hydroxylation is 1. The summed E-state index contributed by atoms with van der Waals surface area (Å²) in [5.41, 5.74) is 1.99. The molecule has 2 rings (SSSR count). The van der Waals surface area contributed by atoms with Crippen LogP contribution in [-0.4, -0.2) is 20.6 Å². The molecule has 98 valence electrons. The van der Waals surface area contributed by atoms with Gasteiger partial charge in [0.25, 0.3) is 0 Å². The number of rotatable bonds is 6. The van der Waals surface area contributed by atoms with Gasteiger partial charge in [-0.05, 0) is 31.9 Å². The second-order valence-electron chi connectivity index (χ2n) is 4.72. The van der Waals surface area contributed by atoms with Crippen LogP contribution in [0.3, 0.4) is 0 Å². The third kappa shape index (κ3) is 2.70. The predicted octanol–water partition coefficient (Wildman–Crippen LogP) is 2.73. The number of nitrogens with one attached hydrogen (secondary N) is 1. The minimum Gasteiger partial charge on any atom is -0.312 e. The third-order valence-corrected chi connectivity index (χ3v) is 3.25. The van der Waals surface area contributed by atoms with Gasteiger partial charge in [0.05, 0.1) is 6.54 Å². The fourth-order valence-corrected chi connectivity index (χ4v) is 2.01. The highest BCUT2D eigenvalue weighted by Gasteiger charge is 2.11. The molecule has 18 heavy (non-hydrogen) atoms. The van der Waals surface area contributed by atoms with E-state index in [0.29, 0.717) is 6.04 Å². The molecule has 0 bridgehead atoms. The van der Waals surface area contributed by atoms with Crippen molar-refractivity contribution in [3.8, 4) is 0 Å². The van der Waals surface area contributed by atoms with Crippen molar-refractivity contribution in [3.63, 3.8) is 0 Å². The quantitative estimate of drug-likeness (QED) is 0.852. The molecule has 0 aromatic carbocycles. The summed E-state index contributed by atoms with van der Waals surface area (Å²) in [5.74, 6) is 1.09. The van der Waals surface area contributed by atoms with Crippen molar-refractivity contribution >= 4 is 11.2 Å². The van der Waals surface area contributed by atoms with Crippen molar-refractivity contribution in [3.05, 3.63) is 24.2 Å². The van der Waals surface area contributed by atoms with Gasteiger partial charge in [0.1, 0.15) is 11.3 Å². The SMILES string of the molecule is CCCn1c(CNC(C)CC)nc2cccnc21. The molecule has 0 amide bonds. The lowest BCUT2D eigenvalue weighted by Gasteiger charge is -2.12. The van der Waals surface area contributed by atoms with Crippen LogP contribution < -0.4 is 5.32 Å². The molecular formula is C14H22N4. The van der Waals surface area contributed by atoms with E-state index >= 15 is 0 Å². The summed E-state index contributed by atoms with van der Waals surface area (Å²) in [6, 6.07) is 4.49. The average molecular weight is 246 g/mol. The van der Waals surface area contributed by atoms with Gasteiger partial charge in [0, 0.05) is 18.8 Å². The number of pyridine rings is 1. The van der Waals surface area contributed by atoms with Crippen LogP contribution in [0.25, 0.3) is 11.2 Å². The first-order valence-electron chi connectivity index (χ1n) is 6.79. The monoisotopic (exact) mass is 246 g/mol. The number of hydrogen-bond acceptors (Lipinski definition) is 3. The van der Waals surface area contributed by atoms with E-state index in [2.05, 4.69) is 40.6 Å². The lowest BCUT2D eigenvalue weighted by molar-refractivity contribution is 0.507. The first kappa shape index (κ1) is 13.0. The molecule has 0 saturated carbocycles. The van der Waals surface area contributed by atoms with E-state index in [-0.39, 0.29) is 0 Å². The maximum atomic E-state index is 4.68. The molecule has 0 fully saturated rings. The third-order valence-electron chi connectivity index (χ3n) is 3.25. The Kier molecular flexibility index (Phi) is 4.31. The molecule has 0 aliphatic rings. The largest absolute Gasteiger partial charge is 0.312 e. The molecule has 0 spiro atoms. The molecule has 0 aliphatic heterocycles. The van der Waals surface area contributed by atoms with Crippen molar-refractivity contribution in [2.45, 2.75) is 52.7 Å². The average Bonchev–Trinajstić information content (AvgIpc) is 2.75. The predicted molar refractivity (Wildman–Crippen MR) is 74.4 cm³/mol. The maximum absolute atomic E-state index is 4.68. The van der Waals surface area contributed by atoms with Gasteiger partial charge in [-0.15, -0.1) is 0 Å². The second-order valence-corrected chi connectivity index (χ2v) is 4.72. The van der Waals surface area contributed by atoms with Gasteiger partial charge in [0.2, 0.25) is 0 Å². The molecule has 4 nitrogen and oxygen atoms in total. The Morgan fingerprint density at radius 3 is 2.94 bits per heavy atom. The minimum absolute atomic E-state index is 0.521. The molecule has 1 unspecified atom stereocenters. The van der Waals surface area contributed by atoms with Crippen LogP contribution in [0.4, 0.5) is 0 Å². The first-order valence-corrected chi connectivity index (χ1v) is 6.79. The Labute approximate surface area is 108 Å². The molecule has 0 saturated heterocycles. The molecule has 2 aromatic heterocycles. The molecule has 1 N–H and O–H groups in total. The van der Waals surface area contributed by atoms with Gasteiger partial charge in [-0.1, -0.05) is 13.8 Å². The molecule has 4 heteroatoms. The van der Waals surface area contributed by atoms with Gasteiger partial charge < -0.3 is 9.88 Å². The second kappa shape index (κ2) is 5.96. The number of imidazole rings is 1. The zero-order valence-electron chi connectivity index (χ0n) is 11.5. The molecular weight excluding hydrogens is 224 g/mol. The number of hydrogen-bond donors (Lipinski definition) is 1. The van der Waals surface area contributed by atoms with Gasteiger partial charge in [-0.2, -0.15) is 0 Å². The Morgan fingerprint density at radius 2 is 2.22 bits per heavy atom. The van der Waals surface area contributed by atoms with Crippen LogP contribution in [0.15, 0.2) is 18.3 Å². The molecule has 0 aliphatic carbocycles. The zero-order chi connectivity index (χ0) is 13.0. The van der Waals surface area contributed by atoms with Gasteiger partial charge in [0.15, 0.2) is 5.65 Å². The van der Waals surface area contributed by atoms with E-state index < -0.39 is 0 Å². The molecule has 2 aromatic rings. The summed E-state index contributed by atoms with van der Waals surface area (Å²) in [7, 11) is 0. The lowest BCUT2D eigenvalue weighted by atomic mass is 10.2. The summed E-state index contributed by atoms with van der Waals surface area (Å²) in [6.45, 7) is 8.36. The lowest BCUT2D eigenvalue weighted by Crippen LogP contribution is -2.26. The highest BCUT2D eigenvalue weighted by atomic mass is 15.1. The number of fused-ring (bicyclic) bond motifs is 1. The van der Waals surface area contributed by atoms with Crippen LogP contribution in [0.5, 0.6) is 0 Å². The standard InChI is InChI=1S/C14H22N4/c1-4-9-18-13(10-16-11(3)5-2)17-12-7-6-8-15-14(12)18/h6-8,11,16H,4-5,9-10H2,1-3H3. The van der Waals surface area contributed by atoms with Crippen LogP contribution in [0, 0.1) is 0 Å². The Balaban J connectivity index is 2.27. The topological polar surface area (TPSA) is 42.7 Å². The summed E-state index contributed by atoms with van der Waals surface area (Å²) >= 11 is 0. The fourth-order valence-electron chi connectivity index (χ4n) is 2.01. The fraction of sp³-hybridized carbons (Fsp3) is 0.571. The summed E-state index contributed by atoms with van der Waals surface area (Å²) < 4.78 is 2.23. The normalized spacial score (nSPS) is 13.1. The van der Waals surface area contributed by atoms with E-state index in [9.17, 15) is 0 Å². The van der Waals surface area contributed by atoms with E-state index in [1.807, 2.05) is 18.3 Å². The maximum Gasteiger partial charge on any atom is 0.160 e. The van der Waals surface area contributed by atoms with Crippen LogP contribution >= 0.6 is 0 Å². The summed E-state index contributed by atoms with van der Waals surface area (Å²) in [4.78, 5) is 9.12. The van der Waals surface area contributed by atoms with Crippen molar-refractivity contribution in [2.24, 2.45) is 0 Å². The van der Waals surface area contributed by atoms with Crippen molar-refractivity contribution in [1.82, 2.24) is 19.9 Å². The number of nitrogens with zero attached hydrogens (tertiary/aromatic N) is 3. The van der Waals surface area contributed by atoms with Gasteiger partial charge in [-0.25, -0.2) is 9.97 Å². The van der Waals surface area contributed by atoms with Gasteiger partial charge >= 0.3 is 0 Å². The van der Waals surface area contributed by atoms with E-state index in [1.165, 1.54) is 0 Å². The van der Waals surface area contributed by atoms with Gasteiger partial charge in [-0.3, -0.25) is 0 Å². The minimum atomic E-state index is 0.521. The highest BCUT2D eigenvalue weighted by molar-refractivity contribution is 5.71. The summed E-state index contributed by atoms with van der Waals surface area (Å²) in [6.07, 6.45) is 4.06. The van der Waals surface area contributed by atoms with E-state index in [4.69, 9.17) is 0 Å². The van der Waals surface area contributed by atoms with Crippen LogP contribution in [-0.2, 0) is 13.1 Å². The van der Waals surface area contributed by atoms with E-state index in [0.717, 1.165) is 42.9 Å².